The van der Waals surface area contributed by atoms with Gasteiger partial charge in [0.15, 0.2) is 0 Å². The molecule has 1 amide bonds. The molecule has 0 aromatic carbocycles. The van der Waals surface area contributed by atoms with Gasteiger partial charge in [0.25, 0.3) is 0 Å². The third kappa shape index (κ3) is 2.13. The third-order valence-electron chi connectivity index (χ3n) is 5.17. The SMILES string of the molecule is O=C(O)CCNC(=O)C1C2CC3CC(C2)CC1C3. The maximum absolute atomic E-state index is 12.2. The van der Waals surface area contributed by atoms with Gasteiger partial charge in [0.05, 0.1) is 6.42 Å². The molecular formula is C14H21NO3. The van der Waals surface area contributed by atoms with Crippen molar-refractivity contribution < 1.29 is 14.7 Å². The number of hydrogen-bond donors (Lipinski definition) is 2. The van der Waals surface area contributed by atoms with Crippen molar-refractivity contribution in [3.63, 3.8) is 0 Å². The van der Waals surface area contributed by atoms with Gasteiger partial charge in [-0.25, -0.2) is 0 Å². The Kier molecular flexibility index (Phi) is 3.04. The van der Waals surface area contributed by atoms with E-state index in [1.165, 1.54) is 32.1 Å². The van der Waals surface area contributed by atoms with E-state index >= 15 is 0 Å². The normalized spacial score (nSPS) is 40.8. The molecule has 4 bridgehead atoms. The Morgan fingerprint density at radius 3 is 2.06 bits per heavy atom. The van der Waals surface area contributed by atoms with Crippen molar-refractivity contribution in [2.24, 2.45) is 29.6 Å². The molecule has 0 aromatic rings. The Balaban J connectivity index is 1.59. The van der Waals surface area contributed by atoms with Crippen LogP contribution in [0.1, 0.15) is 38.5 Å². The predicted molar refractivity (Wildman–Crippen MR) is 65.8 cm³/mol. The van der Waals surface area contributed by atoms with Crippen LogP contribution in [0.15, 0.2) is 0 Å². The van der Waals surface area contributed by atoms with Crippen LogP contribution in [0, 0.1) is 29.6 Å². The molecule has 0 atom stereocenters. The summed E-state index contributed by atoms with van der Waals surface area (Å²) in [6.45, 7) is 0.275. The summed E-state index contributed by atoms with van der Waals surface area (Å²) in [5.74, 6) is 2.33. The highest BCUT2D eigenvalue weighted by molar-refractivity contribution is 5.80. The van der Waals surface area contributed by atoms with Crippen LogP contribution in [-0.4, -0.2) is 23.5 Å². The predicted octanol–water partition coefficient (Wildman–Crippen LogP) is 1.65. The van der Waals surface area contributed by atoms with Gasteiger partial charge >= 0.3 is 5.97 Å². The molecule has 0 spiro atoms. The molecule has 4 rings (SSSR count). The van der Waals surface area contributed by atoms with Crippen LogP contribution in [0.25, 0.3) is 0 Å². The van der Waals surface area contributed by atoms with Crippen molar-refractivity contribution in [1.82, 2.24) is 5.32 Å². The Morgan fingerprint density at radius 1 is 1.00 bits per heavy atom. The number of amides is 1. The lowest BCUT2D eigenvalue weighted by molar-refractivity contribution is -0.139. The summed E-state index contributed by atoms with van der Waals surface area (Å²) in [5, 5.41) is 11.4. The Morgan fingerprint density at radius 2 is 1.56 bits per heavy atom. The van der Waals surface area contributed by atoms with Crippen LogP contribution in [0.5, 0.6) is 0 Å². The minimum absolute atomic E-state index is 0.0268. The minimum atomic E-state index is -0.847. The fourth-order valence-corrected chi connectivity index (χ4v) is 4.76. The monoisotopic (exact) mass is 251 g/mol. The van der Waals surface area contributed by atoms with E-state index in [9.17, 15) is 9.59 Å². The number of hydrogen-bond acceptors (Lipinski definition) is 2. The van der Waals surface area contributed by atoms with Crippen LogP contribution in [0.2, 0.25) is 0 Å². The van der Waals surface area contributed by atoms with E-state index in [1.54, 1.807) is 0 Å². The summed E-state index contributed by atoms with van der Waals surface area (Å²) < 4.78 is 0. The van der Waals surface area contributed by atoms with Crippen LogP contribution < -0.4 is 5.32 Å². The van der Waals surface area contributed by atoms with E-state index in [2.05, 4.69) is 5.32 Å². The molecular weight excluding hydrogens is 230 g/mol. The van der Waals surface area contributed by atoms with Gasteiger partial charge in [-0.15, -0.1) is 0 Å². The maximum atomic E-state index is 12.2. The molecule has 4 aliphatic carbocycles. The van der Waals surface area contributed by atoms with Crippen molar-refractivity contribution in [3.05, 3.63) is 0 Å². The molecule has 4 saturated carbocycles. The second-order valence-electron chi connectivity index (χ2n) is 6.39. The van der Waals surface area contributed by atoms with Crippen LogP contribution in [-0.2, 0) is 9.59 Å². The van der Waals surface area contributed by atoms with Crippen molar-refractivity contribution in [1.29, 1.82) is 0 Å². The zero-order valence-corrected chi connectivity index (χ0v) is 10.6. The highest BCUT2D eigenvalue weighted by atomic mass is 16.4. The first-order valence-electron chi connectivity index (χ1n) is 7.13. The second kappa shape index (κ2) is 4.56. The molecule has 100 valence electrons. The van der Waals surface area contributed by atoms with Gasteiger partial charge in [0.1, 0.15) is 0 Å². The zero-order valence-electron chi connectivity index (χ0n) is 10.6. The Bertz CT molecular complexity index is 338. The van der Waals surface area contributed by atoms with E-state index in [0.29, 0.717) is 11.8 Å². The van der Waals surface area contributed by atoms with Gasteiger partial charge < -0.3 is 10.4 Å². The third-order valence-corrected chi connectivity index (χ3v) is 5.17. The molecule has 4 heteroatoms. The number of carboxylic acid groups (broad SMARTS) is 1. The van der Waals surface area contributed by atoms with Crippen LogP contribution in [0.4, 0.5) is 0 Å². The molecule has 0 aromatic heterocycles. The van der Waals surface area contributed by atoms with Gasteiger partial charge in [-0.05, 0) is 55.8 Å². The van der Waals surface area contributed by atoms with Gasteiger partial charge in [0, 0.05) is 12.5 Å². The molecule has 0 radical (unpaired) electrons. The summed E-state index contributed by atoms with van der Waals surface area (Å²) in [7, 11) is 0. The van der Waals surface area contributed by atoms with E-state index in [0.717, 1.165) is 11.8 Å². The maximum Gasteiger partial charge on any atom is 0.305 e. The summed E-state index contributed by atoms with van der Waals surface area (Å²) >= 11 is 0. The lowest BCUT2D eigenvalue weighted by Crippen LogP contribution is -2.51. The minimum Gasteiger partial charge on any atom is -0.481 e. The number of nitrogens with one attached hydrogen (secondary N) is 1. The number of carboxylic acids is 1. The summed E-state index contributed by atoms with van der Waals surface area (Å²) in [5.41, 5.74) is 0. The largest absolute Gasteiger partial charge is 0.481 e. The van der Waals surface area contributed by atoms with E-state index < -0.39 is 5.97 Å². The zero-order chi connectivity index (χ0) is 12.7. The lowest BCUT2D eigenvalue weighted by atomic mass is 9.51. The van der Waals surface area contributed by atoms with Gasteiger partial charge in [-0.3, -0.25) is 9.59 Å². The highest BCUT2D eigenvalue weighted by Crippen LogP contribution is 2.56. The molecule has 18 heavy (non-hydrogen) atoms. The van der Waals surface area contributed by atoms with Crippen LogP contribution in [0.3, 0.4) is 0 Å². The standard InChI is InChI=1S/C14H21NO3/c16-12(17)1-2-15-14(18)13-10-4-8-3-9(6-10)7-11(13)5-8/h8-11,13H,1-7H2,(H,15,18)(H,16,17). The average Bonchev–Trinajstić information content (AvgIpc) is 2.26. The van der Waals surface area contributed by atoms with Crippen molar-refractivity contribution in [2.45, 2.75) is 38.5 Å². The lowest BCUT2D eigenvalue weighted by Gasteiger charge is -2.53. The van der Waals surface area contributed by atoms with Crippen molar-refractivity contribution >= 4 is 11.9 Å². The molecule has 0 saturated heterocycles. The van der Waals surface area contributed by atoms with Gasteiger partial charge in [-0.2, -0.15) is 0 Å². The fraction of sp³-hybridized carbons (Fsp3) is 0.857. The Hall–Kier alpha value is -1.06. The quantitative estimate of drug-likeness (QED) is 0.798. The number of rotatable bonds is 4. The van der Waals surface area contributed by atoms with E-state index in [-0.39, 0.29) is 24.8 Å². The van der Waals surface area contributed by atoms with E-state index in [1.807, 2.05) is 0 Å². The fourth-order valence-electron chi connectivity index (χ4n) is 4.76. The molecule has 0 unspecified atom stereocenters. The van der Waals surface area contributed by atoms with Crippen molar-refractivity contribution in [2.75, 3.05) is 6.54 Å². The highest BCUT2D eigenvalue weighted by Gasteiger charge is 2.50. The molecule has 0 aliphatic heterocycles. The molecule has 2 N–H and O–H groups in total. The van der Waals surface area contributed by atoms with Crippen LogP contribution >= 0.6 is 0 Å². The molecule has 4 aliphatic rings. The average molecular weight is 251 g/mol. The van der Waals surface area contributed by atoms with Crippen molar-refractivity contribution in [3.8, 4) is 0 Å². The first-order valence-corrected chi connectivity index (χ1v) is 7.13. The molecule has 4 nitrogen and oxygen atoms in total. The number of aliphatic carboxylic acids is 1. The number of carbonyl (C=O) groups is 2. The summed E-state index contributed by atoms with van der Waals surface area (Å²) in [4.78, 5) is 22.7. The molecule has 4 fully saturated rings. The summed E-state index contributed by atoms with van der Waals surface area (Å²) in [6, 6.07) is 0. The Labute approximate surface area is 107 Å². The van der Waals surface area contributed by atoms with Gasteiger partial charge in [-0.1, -0.05) is 0 Å². The number of carbonyl (C=O) groups excluding carboxylic acids is 1. The van der Waals surface area contributed by atoms with E-state index in [4.69, 9.17) is 5.11 Å². The smallest absolute Gasteiger partial charge is 0.305 e. The first kappa shape index (κ1) is 12.0. The van der Waals surface area contributed by atoms with Gasteiger partial charge in [0.2, 0.25) is 5.91 Å². The summed E-state index contributed by atoms with van der Waals surface area (Å²) in [6.07, 6.45) is 6.32. The second-order valence-corrected chi connectivity index (χ2v) is 6.39. The molecule has 0 heterocycles. The topological polar surface area (TPSA) is 66.4 Å². The first-order chi connectivity index (χ1) is 8.63.